The molecule has 2 fully saturated rings. The number of nitrogens with zero attached hydrogens (tertiary/aromatic N) is 6. The van der Waals surface area contributed by atoms with Gasteiger partial charge in [0, 0.05) is 24.2 Å². The van der Waals surface area contributed by atoms with E-state index in [1.54, 1.807) is 6.20 Å². The fraction of sp³-hybridized carbons (Fsp3) is 0.476. The van der Waals surface area contributed by atoms with Gasteiger partial charge in [0.2, 0.25) is 0 Å². The van der Waals surface area contributed by atoms with Gasteiger partial charge in [0.15, 0.2) is 0 Å². The molecule has 0 aromatic carbocycles. The highest BCUT2D eigenvalue weighted by molar-refractivity contribution is 5.93. The molecular formula is C21H22F2N6O. The lowest BCUT2D eigenvalue weighted by molar-refractivity contribution is 0.0547. The van der Waals surface area contributed by atoms with E-state index >= 15 is 0 Å². The molecule has 5 rings (SSSR count). The molecule has 30 heavy (non-hydrogen) atoms. The van der Waals surface area contributed by atoms with Gasteiger partial charge >= 0.3 is 0 Å². The Balaban J connectivity index is 1.54. The Morgan fingerprint density at radius 3 is 2.67 bits per heavy atom. The summed E-state index contributed by atoms with van der Waals surface area (Å²) in [5.41, 5.74) is 2.83. The smallest absolute Gasteiger partial charge is 0.280 e. The summed E-state index contributed by atoms with van der Waals surface area (Å²) in [4.78, 5) is 27.6. The summed E-state index contributed by atoms with van der Waals surface area (Å²) in [6.07, 6.45) is 3.72. The first-order valence-electron chi connectivity index (χ1n) is 10.2. The number of piperidine rings is 1. The monoisotopic (exact) mass is 412 g/mol. The van der Waals surface area contributed by atoms with Crippen molar-refractivity contribution >= 4 is 11.7 Å². The number of aromatic nitrogens is 5. The van der Waals surface area contributed by atoms with E-state index in [1.807, 2.05) is 24.8 Å². The van der Waals surface area contributed by atoms with Crippen molar-refractivity contribution in [2.45, 2.75) is 64.0 Å². The Morgan fingerprint density at radius 2 is 1.90 bits per heavy atom. The number of carbonyl (C=O) groups excluding carboxylic acids is 1. The summed E-state index contributed by atoms with van der Waals surface area (Å²) >= 11 is 0. The molecule has 2 aliphatic heterocycles. The number of carbonyl (C=O) groups is 1. The molecule has 3 aromatic rings. The Morgan fingerprint density at radius 1 is 1.10 bits per heavy atom. The number of fused-ring (bicyclic) bond motifs is 3. The summed E-state index contributed by atoms with van der Waals surface area (Å²) in [6.45, 7) is 3.93. The van der Waals surface area contributed by atoms with Crippen LogP contribution in [0.3, 0.4) is 0 Å². The molecule has 2 bridgehead atoms. The molecule has 1 amide bonds. The molecule has 0 saturated carbocycles. The third-order valence-electron chi connectivity index (χ3n) is 6.55. The van der Waals surface area contributed by atoms with Crippen molar-refractivity contribution in [2.24, 2.45) is 0 Å². The van der Waals surface area contributed by atoms with E-state index in [0.717, 1.165) is 36.8 Å². The largest absolute Gasteiger partial charge is 0.331 e. The second-order valence-corrected chi connectivity index (χ2v) is 8.23. The van der Waals surface area contributed by atoms with Crippen LogP contribution >= 0.6 is 0 Å². The molecule has 3 aromatic heterocycles. The van der Waals surface area contributed by atoms with E-state index in [9.17, 15) is 13.6 Å². The van der Waals surface area contributed by atoms with Crippen LogP contribution in [0.25, 0.3) is 5.78 Å². The van der Waals surface area contributed by atoms with Crippen molar-refractivity contribution < 1.29 is 13.6 Å². The fourth-order valence-corrected chi connectivity index (χ4v) is 4.92. The second-order valence-electron chi connectivity index (χ2n) is 8.23. The SMILES string of the molecule is Cc1cnc(C(=O)N2[C@H]3CC[C@H](c4cc(C(F)F)nc5ncnn45)[C@@H]2CC3)cc1C. The maximum Gasteiger partial charge on any atom is 0.280 e. The normalized spacial score (nSPS) is 23.5. The predicted octanol–water partition coefficient (Wildman–Crippen LogP) is 3.62. The molecule has 5 heterocycles. The number of amides is 1. The van der Waals surface area contributed by atoms with E-state index in [0.29, 0.717) is 11.4 Å². The molecule has 3 atom stereocenters. The van der Waals surface area contributed by atoms with E-state index in [-0.39, 0.29) is 35.4 Å². The predicted molar refractivity (Wildman–Crippen MR) is 104 cm³/mol. The molecule has 2 aliphatic rings. The van der Waals surface area contributed by atoms with Crippen molar-refractivity contribution in [3.05, 3.63) is 52.9 Å². The molecule has 0 radical (unpaired) electrons. The van der Waals surface area contributed by atoms with Gasteiger partial charge in [-0.15, -0.1) is 0 Å². The van der Waals surface area contributed by atoms with Crippen LogP contribution in [-0.4, -0.2) is 47.5 Å². The quantitative estimate of drug-likeness (QED) is 0.657. The van der Waals surface area contributed by atoms with Gasteiger partial charge in [0.25, 0.3) is 18.1 Å². The number of halogens is 2. The lowest BCUT2D eigenvalue weighted by Gasteiger charge is -2.40. The van der Waals surface area contributed by atoms with Crippen molar-refractivity contribution in [1.82, 2.24) is 29.5 Å². The molecule has 156 valence electrons. The summed E-state index contributed by atoms with van der Waals surface area (Å²) in [6, 6.07) is 3.33. The molecular weight excluding hydrogens is 390 g/mol. The molecule has 0 spiro atoms. The first-order chi connectivity index (χ1) is 14.4. The van der Waals surface area contributed by atoms with Crippen LogP contribution < -0.4 is 0 Å². The van der Waals surface area contributed by atoms with Gasteiger partial charge in [-0.25, -0.2) is 18.3 Å². The highest BCUT2D eigenvalue weighted by Gasteiger charge is 2.46. The average Bonchev–Trinajstić information content (AvgIpc) is 3.32. The van der Waals surface area contributed by atoms with E-state index in [1.165, 1.54) is 16.9 Å². The number of pyridine rings is 1. The van der Waals surface area contributed by atoms with Gasteiger partial charge < -0.3 is 4.90 Å². The summed E-state index contributed by atoms with van der Waals surface area (Å²) in [5, 5.41) is 4.21. The van der Waals surface area contributed by atoms with Gasteiger partial charge in [-0.05, 0) is 62.8 Å². The lowest BCUT2D eigenvalue weighted by atomic mass is 9.86. The van der Waals surface area contributed by atoms with Crippen LogP contribution in [0.5, 0.6) is 0 Å². The van der Waals surface area contributed by atoms with Crippen molar-refractivity contribution in [3.63, 3.8) is 0 Å². The third kappa shape index (κ3) is 2.95. The number of rotatable bonds is 3. The highest BCUT2D eigenvalue weighted by Crippen LogP contribution is 2.45. The Bertz CT molecular complexity index is 1130. The number of alkyl halides is 2. The van der Waals surface area contributed by atoms with Gasteiger partial charge in [-0.2, -0.15) is 10.1 Å². The third-order valence-corrected chi connectivity index (χ3v) is 6.55. The topological polar surface area (TPSA) is 76.3 Å². The van der Waals surface area contributed by atoms with Crippen LogP contribution in [0.2, 0.25) is 0 Å². The van der Waals surface area contributed by atoms with E-state index in [2.05, 4.69) is 20.1 Å². The molecule has 0 N–H and O–H groups in total. The maximum absolute atomic E-state index is 13.4. The van der Waals surface area contributed by atoms with Crippen LogP contribution in [0, 0.1) is 13.8 Å². The first kappa shape index (κ1) is 19.0. The zero-order chi connectivity index (χ0) is 21.0. The van der Waals surface area contributed by atoms with E-state index in [4.69, 9.17) is 0 Å². The van der Waals surface area contributed by atoms with Gasteiger partial charge in [-0.3, -0.25) is 9.78 Å². The van der Waals surface area contributed by atoms with Crippen LogP contribution in [-0.2, 0) is 0 Å². The summed E-state index contributed by atoms with van der Waals surface area (Å²) in [7, 11) is 0. The van der Waals surface area contributed by atoms with Gasteiger partial charge in [-0.1, -0.05) is 0 Å². The van der Waals surface area contributed by atoms with E-state index < -0.39 is 6.43 Å². The number of hydrogen-bond donors (Lipinski definition) is 0. The van der Waals surface area contributed by atoms with Crippen molar-refractivity contribution in [1.29, 1.82) is 0 Å². The fourth-order valence-electron chi connectivity index (χ4n) is 4.92. The Kier molecular flexibility index (Phi) is 4.48. The summed E-state index contributed by atoms with van der Waals surface area (Å²) in [5.74, 6) is -0.0335. The second kappa shape index (κ2) is 7.07. The van der Waals surface area contributed by atoms with Crippen LogP contribution in [0.4, 0.5) is 8.78 Å². The Hall–Kier alpha value is -2.97. The van der Waals surface area contributed by atoms with Crippen LogP contribution in [0.1, 0.15) is 71.0 Å². The molecule has 9 heteroatoms. The zero-order valence-electron chi connectivity index (χ0n) is 16.8. The van der Waals surface area contributed by atoms with Crippen LogP contribution in [0.15, 0.2) is 24.7 Å². The van der Waals surface area contributed by atoms with Gasteiger partial charge in [0.1, 0.15) is 17.7 Å². The standard InChI is InChI=1S/C21H22F2N6O/c1-11-7-16(24-9-12(11)2)20(30)28-13-3-5-14(17(28)6-4-13)18-8-15(19(22)23)27-21-25-10-26-29(18)21/h7-10,13-14,17,19H,3-6H2,1-2H3/t13-,14-,17-/m0/s1. The molecule has 0 unspecified atom stereocenters. The summed E-state index contributed by atoms with van der Waals surface area (Å²) < 4.78 is 28.4. The minimum atomic E-state index is -2.69. The minimum absolute atomic E-state index is 0.0834. The molecule has 2 saturated heterocycles. The minimum Gasteiger partial charge on any atom is -0.331 e. The molecule has 0 aliphatic carbocycles. The van der Waals surface area contributed by atoms with Crippen molar-refractivity contribution in [3.8, 4) is 0 Å². The van der Waals surface area contributed by atoms with Crippen molar-refractivity contribution in [2.75, 3.05) is 0 Å². The molecule has 7 nitrogen and oxygen atoms in total. The lowest BCUT2D eigenvalue weighted by Crippen LogP contribution is -2.48. The number of aryl methyl sites for hydroxylation is 2. The highest BCUT2D eigenvalue weighted by atomic mass is 19.3. The number of hydrogen-bond acceptors (Lipinski definition) is 5. The maximum atomic E-state index is 13.4. The first-order valence-corrected chi connectivity index (χ1v) is 10.2. The zero-order valence-corrected chi connectivity index (χ0v) is 16.8. The average molecular weight is 412 g/mol. The Labute approximate surface area is 172 Å². The van der Waals surface area contributed by atoms with Gasteiger partial charge in [0.05, 0.1) is 5.69 Å².